The maximum Gasteiger partial charge on any atom is 0.416 e. The molecule has 1 atom stereocenters. The molecule has 0 radical (unpaired) electrons. The van der Waals surface area contributed by atoms with Gasteiger partial charge in [-0.1, -0.05) is 42.5 Å². The van der Waals surface area contributed by atoms with E-state index in [9.17, 15) is 22.8 Å². The first-order valence-electron chi connectivity index (χ1n) is 12.1. The second kappa shape index (κ2) is 11.7. The average molecular weight is 515 g/mol. The number of carbonyl (C=O) groups excluding carboxylic acids is 2. The van der Waals surface area contributed by atoms with Gasteiger partial charge >= 0.3 is 6.18 Å². The molecular weight excluding hydrogens is 485 g/mol. The van der Waals surface area contributed by atoms with Crippen molar-refractivity contribution >= 4 is 23.2 Å². The van der Waals surface area contributed by atoms with Crippen LogP contribution in [0.5, 0.6) is 0 Å². The largest absolute Gasteiger partial charge is 0.416 e. The van der Waals surface area contributed by atoms with Gasteiger partial charge in [0.25, 0.3) is 0 Å². The monoisotopic (exact) mass is 514 g/mol. The number of rotatable bonds is 9. The minimum absolute atomic E-state index is 0.00151. The van der Waals surface area contributed by atoms with Gasteiger partial charge in [0.2, 0.25) is 11.8 Å². The zero-order valence-corrected chi connectivity index (χ0v) is 20.7. The van der Waals surface area contributed by atoms with Crippen LogP contribution in [0.3, 0.4) is 0 Å². The number of thiophene rings is 1. The van der Waals surface area contributed by atoms with Crippen LogP contribution in [0.2, 0.25) is 0 Å². The number of halogens is 3. The fourth-order valence-electron chi connectivity index (χ4n) is 4.66. The molecule has 2 amide bonds. The zero-order chi connectivity index (χ0) is 25.5. The molecule has 3 aromatic rings. The molecular formula is C28H29F3N2O2S. The number of aryl methyl sites for hydroxylation is 1. The smallest absolute Gasteiger partial charge is 0.352 e. The molecule has 4 nitrogen and oxygen atoms in total. The van der Waals surface area contributed by atoms with Gasteiger partial charge in [-0.15, -0.1) is 11.3 Å². The third kappa shape index (κ3) is 6.75. The Morgan fingerprint density at radius 2 is 1.78 bits per heavy atom. The van der Waals surface area contributed by atoms with Crippen molar-refractivity contribution in [2.75, 3.05) is 6.54 Å². The minimum Gasteiger partial charge on any atom is -0.352 e. The maximum absolute atomic E-state index is 13.1. The van der Waals surface area contributed by atoms with E-state index in [0.717, 1.165) is 37.8 Å². The van der Waals surface area contributed by atoms with Crippen LogP contribution >= 0.6 is 11.3 Å². The molecule has 4 rings (SSSR count). The van der Waals surface area contributed by atoms with Crippen LogP contribution in [0.15, 0.2) is 66.0 Å². The van der Waals surface area contributed by atoms with Crippen molar-refractivity contribution in [3.05, 3.63) is 93.2 Å². The predicted molar refractivity (Wildman–Crippen MR) is 134 cm³/mol. The second-order valence-corrected chi connectivity index (χ2v) is 10.0. The number of hydrogen-bond donors (Lipinski definition) is 1. The van der Waals surface area contributed by atoms with Crippen LogP contribution in [0, 0.1) is 0 Å². The Balaban J connectivity index is 1.30. The lowest BCUT2D eigenvalue weighted by molar-refractivity contribution is -0.137. The third-order valence-corrected chi connectivity index (χ3v) is 7.51. The first kappa shape index (κ1) is 25.9. The van der Waals surface area contributed by atoms with Gasteiger partial charge < -0.3 is 10.2 Å². The summed E-state index contributed by atoms with van der Waals surface area (Å²) < 4.78 is 38.7. The standard InChI is InChI=1S/C28H29F3N2O2S/c29-28(30,31)22-10-4-9-21(18-22)19-32-26(34)12-13-27(35)33-16-14-25-23(15-17-36-25)24(33)11-5-8-20-6-2-1-3-7-20/h1-4,6-7,9-10,15,17-18,24H,5,8,11-14,16,19H2,(H,32,34). The van der Waals surface area contributed by atoms with Crippen molar-refractivity contribution in [2.45, 2.75) is 57.3 Å². The van der Waals surface area contributed by atoms with Crippen LogP contribution in [0.1, 0.15) is 58.9 Å². The van der Waals surface area contributed by atoms with Gasteiger partial charge in [-0.3, -0.25) is 9.59 Å². The first-order chi connectivity index (χ1) is 17.3. The van der Waals surface area contributed by atoms with Gasteiger partial charge in [-0.2, -0.15) is 13.2 Å². The molecule has 1 N–H and O–H groups in total. The van der Waals surface area contributed by atoms with E-state index in [2.05, 4.69) is 28.9 Å². The Bertz CT molecular complexity index is 1180. The number of amides is 2. The van der Waals surface area contributed by atoms with E-state index in [1.54, 1.807) is 11.3 Å². The number of nitrogens with one attached hydrogen (secondary N) is 1. The summed E-state index contributed by atoms with van der Waals surface area (Å²) in [5.41, 5.74) is 2.10. The third-order valence-electron chi connectivity index (χ3n) is 6.51. The molecule has 1 aliphatic heterocycles. The number of fused-ring (bicyclic) bond motifs is 1. The lowest BCUT2D eigenvalue weighted by Gasteiger charge is -2.36. The SMILES string of the molecule is O=C(CCC(=O)N1CCc2sccc2C1CCCc1ccccc1)NCc1cccc(C(F)(F)F)c1. The van der Waals surface area contributed by atoms with Gasteiger partial charge in [0, 0.05) is 30.8 Å². The average Bonchev–Trinajstić information content (AvgIpc) is 3.36. The predicted octanol–water partition coefficient (Wildman–Crippen LogP) is 6.31. The molecule has 1 unspecified atom stereocenters. The highest BCUT2D eigenvalue weighted by Gasteiger charge is 2.32. The first-order valence-corrected chi connectivity index (χ1v) is 13.0. The number of carbonyl (C=O) groups is 2. The van der Waals surface area contributed by atoms with E-state index in [4.69, 9.17) is 0 Å². The zero-order valence-electron chi connectivity index (χ0n) is 19.9. The van der Waals surface area contributed by atoms with E-state index in [-0.39, 0.29) is 37.2 Å². The normalized spacial score (nSPS) is 15.4. The van der Waals surface area contributed by atoms with Crippen molar-refractivity contribution < 1.29 is 22.8 Å². The van der Waals surface area contributed by atoms with Crippen molar-refractivity contribution in [3.8, 4) is 0 Å². The van der Waals surface area contributed by atoms with E-state index in [1.165, 1.54) is 28.1 Å². The van der Waals surface area contributed by atoms with Crippen molar-refractivity contribution in [1.29, 1.82) is 0 Å². The van der Waals surface area contributed by atoms with Gasteiger partial charge in [0.1, 0.15) is 0 Å². The lowest BCUT2D eigenvalue weighted by atomic mass is 9.93. The van der Waals surface area contributed by atoms with Crippen LogP contribution in [0.25, 0.3) is 0 Å². The Morgan fingerprint density at radius 1 is 1.00 bits per heavy atom. The summed E-state index contributed by atoms with van der Waals surface area (Å²) in [6, 6.07) is 17.3. The topological polar surface area (TPSA) is 49.4 Å². The van der Waals surface area contributed by atoms with E-state index < -0.39 is 11.7 Å². The maximum atomic E-state index is 13.1. The van der Waals surface area contributed by atoms with Crippen molar-refractivity contribution in [1.82, 2.24) is 10.2 Å². The molecule has 190 valence electrons. The van der Waals surface area contributed by atoms with E-state index in [1.807, 2.05) is 23.1 Å². The number of alkyl halides is 3. The molecule has 0 saturated heterocycles. The summed E-state index contributed by atoms with van der Waals surface area (Å²) in [7, 11) is 0. The summed E-state index contributed by atoms with van der Waals surface area (Å²) in [4.78, 5) is 28.7. The van der Waals surface area contributed by atoms with Crippen molar-refractivity contribution in [2.24, 2.45) is 0 Å². The molecule has 8 heteroatoms. The van der Waals surface area contributed by atoms with Crippen LogP contribution in [-0.4, -0.2) is 23.3 Å². The molecule has 1 aromatic heterocycles. The summed E-state index contributed by atoms with van der Waals surface area (Å²) in [6.07, 6.45) is -0.796. The van der Waals surface area contributed by atoms with Crippen LogP contribution in [-0.2, 0) is 35.2 Å². The molecule has 0 saturated carbocycles. The molecule has 2 aromatic carbocycles. The lowest BCUT2D eigenvalue weighted by Crippen LogP contribution is -2.40. The van der Waals surface area contributed by atoms with Gasteiger partial charge in [0.05, 0.1) is 11.6 Å². The molecule has 0 fully saturated rings. The Kier molecular flexibility index (Phi) is 8.46. The summed E-state index contributed by atoms with van der Waals surface area (Å²) in [5.74, 6) is -0.416. The molecule has 36 heavy (non-hydrogen) atoms. The van der Waals surface area contributed by atoms with E-state index in [0.29, 0.717) is 12.1 Å². The summed E-state index contributed by atoms with van der Waals surface area (Å²) in [6.45, 7) is 0.620. The highest BCUT2D eigenvalue weighted by atomic mass is 32.1. The van der Waals surface area contributed by atoms with E-state index >= 15 is 0 Å². The van der Waals surface area contributed by atoms with Crippen LogP contribution in [0.4, 0.5) is 13.2 Å². The van der Waals surface area contributed by atoms with Crippen molar-refractivity contribution in [3.63, 3.8) is 0 Å². The highest BCUT2D eigenvalue weighted by Crippen LogP contribution is 2.37. The second-order valence-electron chi connectivity index (χ2n) is 9.00. The highest BCUT2D eigenvalue weighted by molar-refractivity contribution is 7.10. The van der Waals surface area contributed by atoms with Gasteiger partial charge in [-0.25, -0.2) is 0 Å². The van der Waals surface area contributed by atoms with Gasteiger partial charge in [0.15, 0.2) is 0 Å². The Labute approximate surface area is 213 Å². The van der Waals surface area contributed by atoms with Crippen LogP contribution < -0.4 is 5.32 Å². The number of hydrogen-bond acceptors (Lipinski definition) is 3. The Hall–Kier alpha value is -3.13. The fourth-order valence-corrected chi connectivity index (χ4v) is 5.59. The molecule has 2 heterocycles. The molecule has 0 bridgehead atoms. The summed E-state index contributed by atoms with van der Waals surface area (Å²) >= 11 is 1.73. The fraction of sp³-hybridized carbons (Fsp3) is 0.357. The Morgan fingerprint density at radius 3 is 2.56 bits per heavy atom. The minimum atomic E-state index is -4.43. The molecule has 0 spiro atoms. The number of nitrogens with zero attached hydrogens (tertiary/aromatic N) is 1. The number of benzene rings is 2. The van der Waals surface area contributed by atoms with Gasteiger partial charge in [-0.05, 0) is 66.0 Å². The molecule has 0 aliphatic carbocycles. The quantitative estimate of drug-likeness (QED) is 0.364. The molecule has 1 aliphatic rings. The summed E-state index contributed by atoms with van der Waals surface area (Å²) in [5, 5.41) is 4.71.